The normalized spacial score (nSPS) is 10.1. The molecule has 144 valence electrons. The molecule has 26 heavy (non-hydrogen) atoms. The molecule has 0 unspecified atom stereocenters. The summed E-state index contributed by atoms with van der Waals surface area (Å²) in [7, 11) is 0. The van der Waals surface area contributed by atoms with Crippen LogP contribution in [0.5, 0.6) is 5.75 Å². The number of rotatable bonds is 12. The van der Waals surface area contributed by atoms with Gasteiger partial charge in [0.1, 0.15) is 5.75 Å². The molecule has 1 rings (SSSR count). The maximum Gasteiger partial charge on any atom is 0.307 e. The minimum absolute atomic E-state index is 0.0898. The molecule has 7 heteroatoms. The van der Waals surface area contributed by atoms with E-state index in [1.54, 1.807) is 11.8 Å². The number of benzene rings is 1. The monoisotopic (exact) mass is 364 g/mol. The number of esters is 1. The van der Waals surface area contributed by atoms with Crippen LogP contribution < -0.4 is 10.1 Å². The zero-order valence-electron chi connectivity index (χ0n) is 15.5. The van der Waals surface area contributed by atoms with E-state index in [0.717, 1.165) is 0 Å². The number of para-hydroxylation sites is 1. The molecule has 0 aromatic heterocycles. The summed E-state index contributed by atoms with van der Waals surface area (Å²) in [4.78, 5) is 36.5. The lowest BCUT2D eigenvalue weighted by Gasteiger charge is -2.22. The summed E-state index contributed by atoms with van der Waals surface area (Å²) in [6, 6.07) is 9.28. The maximum absolute atomic E-state index is 12.4. The van der Waals surface area contributed by atoms with Gasteiger partial charge in [-0.2, -0.15) is 0 Å². The van der Waals surface area contributed by atoms with Crippen molar-refractivity contribution in [3.63, 3.8) is 0 Å². The van der Waals surface area contributed by atoms with Gasteiger partial charge in [-0.25, -0.2) is 0 Å². The Morgan fingerprint density at radius 1 is 1.08 bits per heavy atom. The summed E-state index contributed by atoms with van der Waals surface area (Å²) in [6.07, 6.45) is 0.991. The third kappa shape index (κ3) is 9.66. The van der Waals surface area contributed by atoms with E-state index in [0.29, 0.717) is 38.4 Å². The van der Waals surface area contributed by atoms with Crippen molar-refractivity contribution in [2.75, 3.05) is 32.8 Å². The Balaban J connectivity index is 2.44. The van der Waals surface area contributed by atoms with Gasteiger partial charge in [0, 0.05) is 26.6 Å². The van der Waals surface area contributed by atoms with Crippen molar-refractivity contribution >= 4 is 17.8 Å². The highest BCUT2D eigenvalue weighted by atomic mass is 16.5. The van der Waals surface area contributed by atoms with Crippen LogP contribution in [0, 0.1) is 0 Å². The summed E-state index contributed by atoms with van der Waals surface area (Å²) in [5.74, 6) is 0.190. The molecule has 0 aliphatic carbocycles. The summed E-state index contributed by atoms with van der Waals surface area (Å²) in [5.41, 5.74) is 0. The Morgan fingerprint density at radius 3 is 2.46 bits per heavy atom. The zero-order chi connectivity index (χ0) is 19.2. The third-order valence-electron chi connectivity index (χ3n) is 3.55. The van der Waals surface area contributed by atoms with Crippen molar-refractivity contribution in [3.8, 4) is 5.75 Å². The van der Waals surface area contributed by atoms with E-state index >= 15 is 0 Å². The Hall–Kier alpha value is -2.57. The van der Waals surface area contributed by atoms with Gasteiger partial charge >= 0.3 is 5.97 Å². The average molecular weight is 364 g/mol. The van der Waals surface area contributed by atoms with E-state index in [4.69, 9.17) is 9.47 Å². The van der Waals surface area contributed by atoms with E-state index in [1.807, 2.05) is 30.3 Å². The fourth-order valence-electron chi connectivity index (χ4n) is 2.29. The first-order valence-corrected chi connectivity index (χ1v) is 8.88. The molecule has 0 atom stereocenters. The molecular formula is C19H28N2O5. The van der Waals surface area contributed by atoms with Gasteiger partial charge in [-0.05, 0) is 25.5 Å². The summed E-state index contributed by atoms with van der Waals surface area (Å²) in [6.45, 7) is 5.02. The molecule has 1 aromatic rings. The van der Waals surface area contributed by atoms with E-state index < -0.39 is 0 Å². The fourth-order valence-corrected chi connectivity index (χ4v) is 2.29. The molecule has 0 fully saturated rings. The molecular weight excluding hydrogens is 336 g/mol. The van der Waals surface area contributed by atoms with Crippen LogP contribution in [0.2, 0.25) is 0 Å². The number of nitrogens with zero attached hydrogens (tertiary/aromatic N) is 1. The SMILES string of the molecule is CCOC(=O)CCN(CCCNC(C)=O)C(=O)CCOc1ccccc1. The predicted molar refractivity (Wildman–Crippen MR) is 97.7 cm³/mol. The highest BCUT2D eigenvalue weighted by Crippen LogP contribution is 2.09. The first-order chi connectivity index (χ1) is 12.5. The number of nitrogens with one attached hydrogen (secondary N) is 1. The standard InChI is InChI=1S/C19H28N2O5/c1-3-25-19(24)10-14-21(13-7-12-20-16(2)22)18(23)11-15-26-17-8-5-4-6-9-17/h4-6,8-9H,3,7,10-15H2,1-2H3,(H,20,22). The summed E-state index contributed by atoms with van der Waals surface area (Å²) >= 11 is 0. The minimum atomic E-state index is -0.326. The molecule has 1 N–H and O–H groups in total. The largest absolute Gasteiger partial charge is 0.493 e. The number of carbonyl (C=O) groups excluding carboxylic acids is 3. The second-order valence-electron chi connectivity index (χ2n) is 5.68. The Labute approximate surface area is 154 Å². The topological polar surface area (TPSA) is 84.9 Å². The lowest BCUT2D eigenvalue weighted by Crippen LogP contribution is -2.36. The fraction of sp³-hybridized carbons (Fsp3) is 0.526. The maximum atomic E-state index is 12.4. The number of carbonyl (C=O) groups is 3. The van der Waals surface area contributed by atoms with Crippen LogP contribution in [-0.2, 0) is 19.1 Å². The first-order valence-electron chi connectivity index (χ1n) is 8.88. The quantitative estimate of drug-likeness (QED) is 0.451. The van der Waals surface area contributed by atoms with Crippen molar-refractivity contribution in [1.29, 1.82) is 0 Å². The van der Waals surface area contributed by atoms with E-state index in [2.05, 4.69) is 5.32 Å². The van der Waals surface area contributed by atoms with Crippen LogP contribution in [0.4, 0.5) is 0 Å². The molecule has 2 amide bonds. The van der Waals surface area contributed by atoms with Crippen LogP contribution in [0.1, 0.15) is 33.1 Å². The molecule has 0 bridgehead atoms. The Morgan fingerprint density at radius 2 is 1.81 bits per heavy atom. The van der Waals surface area contributed by atoms with Gasteiger partial charge < -0.3 is 19.7 Å². The number of hydrogen-bond acceptors (Lipinski definition) is 5. The lowest BCUT2D eigenvalue weighted by atomic mass is 10.3. The first kappa shape index (κ1) is 21.5. The number of ether oxygens (including phenoxy) is 2. The number of hydrogen-bond donors (Lipinski definition) is 1. The smallest absolute Gasteiger partial charge is 0.307 e. The van der Waals surface area contributed by atoms with E-state index in [9.17, 15) is 14.4 Å². The molecule has 1 aromatic carbocycles. The van der Waals surface area contributed by atoms with Crippen molar-refractivity contribution in [3.05, 3.63) is 30.3 Å². The van der Waals surface area contributed by atoms with Gasteiger partial charge in [0.15, 0.2) is 0 Å². The van der Waals surface area contributed by atoms with Crippen LogP contribution in [0.3, 0.4) is 0 Å². The van der Waals surface area contributed by atoms with Crippen LogP contribution >= 0.6 is 0 Å². The zero-order valence-corrected chi connectivity index (χ0v) is 15.5. The minimum Gasteiger partial charge on any atom is -0.493 e. The number of amides is 2. The van der Waals surface area contributed by atoms with E-state index in [1.165, 1.54) is 6.92 Å². The van der Waals surface area contributed by atoms with Crippen molar-refractivity contribution in [2.45, 2.75) is 33.1 Å². The van der Waals surface area contributed by atoms with Crippen LogP contribution in [-0.4, -0.2) is 55.5 Å². The molecule has 0 radical (unpaired) electrons. The van der Waals surface area contributed by atoms with Gasteiger partial charge in [0.25, 0.3) is 0 Å². The predicted octanol–water partition coefficient (Wildman–Crippen LogP) is 1.76. The molecule has 0 saturated heterocycles. The second kappa shape index (κ2) is 12.7. The third-order valence-corrected chi connectivity index (χ3v) is 3.55. The molecule has 0 aliphatic rings. The van der Waals surface area contributed by atoms with Gasteiger partial charge in [0.2, 0.25) is 11.8 Å². The summed E-state index contributed by atoms with van der Waals surface area (Å²) in [5, 5.41) is 2.70. The van der Waals surface area contributed by atoms with Gasteiger partial charge in [-0.1, -0.05) is 18.2 Å². The van der Waals surface area contributed by atoms with Crippen molar-refractivity contribution < 1.29 is 23.9 Å². The molecule has 0 heterocycles. The molecule has 0 saturated carbocycles. The van der Waals surface area contributed by atoms with E-state index in [-0.39, 0.29) is 37.2 Å². The Bertz CT molecular complexity index is 562. The van der Waals surface area contributed by atoms with Crippen molar-refractivity contribution in [1.82, 2.24) is 10.2 Å². The van der Waals surface area contributed by atoms with Crippen LogP contribution in [0.25, 0.3) is 0 Å². The average Bonchev–Trinajstić information content (AvgIpc) is 2.62. The van der Waals surface area contributed by atoms with Gasteiger partial charge in [-0.3, -0.25) is 14.4 Å². The lowest BCUT2D eigenvalue weighted by molar-refractivity contribution is -0.144. The van der Waals surface area contributed by atoms with Crippen LogP contribution in [0.15, 0.2) is 30.3 Å². The highest BCUT2D eigenvalue weighted by Gasteiger charge is 2.15. The Kier molecular flexibility index (Phi) is 10.5. The summed E-state index contributed by atoms with van der Waals surface area (Å²) < 4.78 is 10.5. The second-order valence-corrected chi connectivity index (χ2v) is 5.68. The molecule has 0 aliphatic heterocycles. The van der Waals surface area contributed by atoms with Gasteiger partial charge in [0.05, 0.1) is 26.1 Å². The molecule has 0 spiro atoms. The van der Waals surface area contributed by atoms with Gasteiger partial charge in [-0.15, -0.1) is 0 Å². The van der Waals surface area contributed by atoms with Crippen molar-refractivity contribution in [2.24, 2.45) is 0 Å². The molecule has 7 nitrogen and oxygen atoms in total. The highest BCUT2D eigenvalue weighted by molar-refractivity contribution is 5.77.